The van der Waals surface area contributed by atoms with Crippen LogP contribution in [0, 0.1) is 0 Å². The number of rotatable bonds is 5. The first-order chi connectivity index (χ1) is 13.1. The summed E-state index contributed by atoms with van der Waals surface area (Å²) in [6.07, 6.45) is 0. The number of hydrogen-bond donors (Lipinski definition) is 2. The highest BCUT2D eigenvalue weighted by Crippen LogP contribution is 2.22. The van der Waals surface area contributed by atoms with Crippen molar-refractivity contribution in [3.8, 4) is 11.4 Å². The van der Waals surface area contributed by atoms with Crippen molar-refractivity contribution in [2.45, 2.75) is 19.5 Å². The van der Waals surface area contributed by atoms with E-state index in [-0.39, 0.29) is 6.04 Å². The van der Waals surface area contributed by atoms with Gasteiger partial charge in [-0.3, -0.25) is 4.99 Å². The third-order valence-corrected chi connectivity index (χ3v) is 4.49. The first-order valence-electron chi connectivity index (χ1n) is 8.37. The van der Waals surface area contributed by atoms with Gasteiger partial charge in [-0.15, -0.1) is 0 Å². The number of nitrogens with zero attached hydrogens (tertiary/aromatic N) is 3. The summed E-state index contributed by atoms with van der Waals surface area (Å²) in [5.74, 6) is 1.53. The molecule has 0 aliphatic rings. The van der Waals surface area contributed by atoms with Crippen LogP contribution in [0.3, 0.4) is 0 Å². The molecule has 0 radical (unpaired) electrons. The predicted molar refractivity (Wildman–Crippen MR) is 108 cm³/mol. The minimum Gasteiger partial charge on any atom is -0.350 e. The van der Waals surface area contributed by atoms with E-state index in [1.54, 1.807) is 19.2 Å². The van der Waals surface area contributed by atoms with Crippen LogP contribution >= 0.6 is 23.2 Å². The minimum absolute atomic E-state index is 0.0189. The molecule has 1 aromatic heterocycles. The van der Waals surface area contributed by atoms with Crippen molar-refractivity contribution in [2.24, 2.45) is 4.99 Å². The van der Waals surface area contributed by atoms with E-state index < -0.39 is 0 Å². The smallest absolute Gasteiger partial charge is 0.246 e. The van der Waals surface area contributed by atoms with Crippen LogP contribution in [0.4, 0.5) is 0 Å². The molecule has 1 atom stereocenters. The molecular formula is C19H19Cl2N5O. The molecule has 0 fully saturated rings. The number of aliphatic imine (C=N–C) groups is 1. The Hall–Kier alpha value is -2.57. The van der Waals surface area contributed by atoms with Crippen LogP contribution in [0.2, 0.25) is 10.0 Å². The lowest BCUT2D eigenvalue weighted by Gasteiger charge is -2.18. The number of nitrogens with one attached hydrogen (secondary N) is 2. The Morgan fingerprint density at radius 1 is 1.19 bits per heavy atom. The summed E-state index contributed by atoms with van der Waals surface area (Å²) in [6, 6.07) is 15.0. The van der Waals surface area contributed by atoms with Gasteiger partial charge in [0.1, 0.15) is 0 Å². The van der Waals surface area contributed by atoms with E-state index in [0.29, 0.717) is 34.3 Å². The summed E-state index contributed by atoms with van der Waals surface area (Å²) >= 11 is 12.2. The molecule has 1 unspecified atom stereocenters. The summed E-state index contributed by atoms with van der Waals surface area (Å²) in [7, 11) is 1.69. The van der Waals surface area contributed by atoms with Gasteiger partial charge in [-0.25, -0.2) is 0 Å². The summed E-state index contributed by atoms with van der Waals surface area (Å²) in [5, 5.41) is 11.8. The molecule has 0 amide bonds. The van der Waals surface area contributed by atoms with Crippen LogP contribution in [-0.2, 0) is 6.54 Å². The van der Waals surface area contributed by atoms with Crippen LogP contribution in [0.25, 0.3) is 11.4 Å². The fraction of sp³-hybridized carbons (Fsp3) is 0.211. The van der Waals surface area contributed by atoms with Gasteiger partial charge in [0, 0.05) is 22.7 Å². The van der Waals surface area contributed by atoms with Crippen molar-refractivity contribution in [1.29, 1.82) is 0 Å². The number of halogens is 2. The molecule has 0 bridgehead atoms. The molecule has 27 heavy (non-hydrogen) atoms. The Labute approximate surface area is 167 Å². The molecule has 140 valence electrons. The quantitative estimate of drug-likeness (QED) is 0.485. The van der Waals surface area contributed by atoms with Crippen LogP contribution in [0.5, 0.6) is 0 Å². The largest absolute Gasteiger partial charge is 0.350 e. The first-order valence-corrected chi connectivity index (χ1v) is 9.12. The molecule has 3 rings (SSSR count). The van der Waals surface area contributed by atoms with Gasteiger partial charge in [-0.1, -0.05) is 58.7 Å². The fourth-order valence-electron chi connectivity index (χ4n) is 2.53. The van der Waals surface area contributed by atoms with Crippen molar-refractivity contribution in [2.75, 3.05) is 7.05 Å². The second-order valence-electron chi connectivity index (χ2n) is 5.84. The molecule has 0 saturated heterocycles. The summed E-state index contributed by atoms with van der Waals surface area (Å²) in [6.45, 7) is 2.35. The van der Waals surface area contributed by atoms with E-state index in [0.717, 1.165) is 11.1 Å². The van der Waals surface area contributed by atoms with E-state index in [2.05, 4.69) is 25.8 Å². The Balaban J connectivity index is 1.61. The zero-order valence-corrected chi connectivity index (χ0v) is 16.4. The lowest BCUT2D eigenvalue weighted by Crippen LogP contribution is -2.38. The second-order valence-corrected chi connectivity index (χ2v) is 6.68. The Morgan fingerprint density at radius 2 is 2.00 bits per heavy atom. The highest BCUT2D eigenvalue weighted by atomic mass is 35.5. The lowest BCUT2D eigenvalue weighted by atomic mass is 10.1. The topological polar surface area (TPSA) is 75.3 Å². The Morgan fingerprint density at radius 3 is 2.74 bits per heavy atom. The van der Waals surface area contributed by atoms with Crippen LogP contribution in [0.1, 0.15) is 24.4 Å². The van der Waals surface area contributed by atoms with Gasteiger partial charge in [0.25, 0.3) is 0 Å². The minimum atomic E-state index is -0.0189. The predicted octanol–water partition coefficient (Wildman–Crippen LogP) is 4.47. The zero-order chi connectivity index (χ0) is 19.2. The number of hydrogen-bond acceptors (Lipinski definition) is 4. The summed E-state index contributed by atoms with van der Waals surface area (Å²) < 4.78 is 5.29. The molecule has 8 heteroatoms. The summed E-state index contributed by atoms with van der Waals surface area (Å²) in [5.41, 5.74) is 1.79. The van der Waals surface area contributed by atoms with E-state index >= 15 is 0 Å². The van der Waals surface area contributed by atoms with E-state index in [1.165, 1.54) is 0 Å². The first kappa shape index (κ1) is 19.2. The molecular weight excluding hydrogens is 385 g/mol. The maximum atomic E-state index is 6.25. The van der Waals surface area contributed by atoms with Crippen molar-refractivity contribution in [3.05, 3.63) is 70.0 Å². The molecule has 0 saturated carbocycles. The van der Waals surface area contributed by atoms with Crippen LogP contribution < -0.4 is 10.6 Å². The van der Waals surface area contributed by atoms with Gasteiger partial charge in [-0.2, -0.15) is 4.98 Å². The maximum Gasteiger partial charge on any atom is 0.246 e. The Bertz CT molecular complexity index is 941. The third-order valence-electron chi connectivity index (χ3n) is 3.91. The van der Waals surface area contributed by atoms with E-state index in [4.69, 9.17) is 27.7 Å². The van der Waals surface area contributed by atoms with Crippen molar-refractivity contribution < 1.29 is 4.52 Å². The molecule has 0 aliphatic carbocycles. The third kappa shape index (κ3) is 4.99. The van der Waals surface area contributed by atoms with Crippen LogP contribution in [-0.4, -0.2) is 23.1 Å². The standard InChI is InChI=1S/C19H19Cl2N5O/c1-12(15-8-3-4-9-16(15)21)24-19(22-2)23-11-17-25-18(26-27-17)13-6-5-7-14(20)10-13/h3-10,12H,11H2,1-2H3,(H2,22,23,24). The molecule has 3 aromatic rings. The number of benzene rings is 2. The number of aromatic nitrogens is 2. The monoisotopic (exact) mass is 403 g/mol. The molecule has 1 heterocycles. The van der Waals surface area contributed by atoms with Crippen molar-refractivity contribution >= 4 is 29.2 Å². The average molecular weight is 404 g/mol. The van der Waals surface area contributed by atoms with Gasteiger partial charge < -0.3 is 15.2 Å². The van der Waals surface area contributed by atoms with Gasteiger partial charge >= 0.3 is 0 Å². The van der Waals surface area contributed by atoms with Crippen molar-refractivity contribution in [1.82, 2.24) is 20.8 Å². The van der Waals surface area contributed by atoms with Gasteiger partial charge in [0.2, 0.25) is 11.7 Å². The Kier molecular flexibility index (Phi) is 6.32. The average Bonchev–Trinajstić information content (AvgIpc) is 3.14. The molecule has 2 aromatic carbocycles. The van der Waals surface area contributed by atoms with Gasteiger partial charge in [0.15, 0.2) is 5.96 Å². The van der Waals surface area contributed by atoms with Crippen LogP contribution in [0.15, 0.2) is 58.0 Å². The van der Waals surface area contributed by atoms with Gasteiger partial charge in [0.05, 0.1) is 12.6 Å². The molecule has 0 aliphatic heterocycles. The van der Waals surface area contributed by atoms with E-state index in [9.17, 15) is 0 Å². The SMILES string of the molecule is CN=C(NCc1nc(-c2cccc(Cl)c2)no1)NC(C)c1ccccc1Cl. The second kappa shape index (κ2) is 8.88. The molecule has 0 spiro atoms. The zero-order valence-electron chi connectivity index (χ0n) is 14.9. The fourth-order valence-corrected chi connectivity index (χ4v) is 3.02. The summed E-state index contributed by atoms with van der Waals surface area (Å²) in [4.78, 5) is 8.60. The van der Waals surface area contributed by atoms with E-state index in [1.807, 2.05) is 43.3 Å². The highest BCUT2D eigenvalue weighted by molar-refractivity contribution is 6.31. The maximum absolute atomic E-state index is 6.25. The molecule has 6 nitrogen and oxygen atoms in total. The number of guanidine groups is 1. The normalized spacial score (nSPS) is 12.7. The highest BCUT2D eigenvalue weighted by Gasteiger charge is 2.13. The van der Waals surface area contributed by atoms with Gasteiger partial charge in [-0.05, 0) is 30.7 Å². The lowest BCUT2D eigenvalue weighted by molar-refractivity contribution is 0.375. The molecule has 2 N–H and O–H groups in total. The van der Waals surface area contributed by atoms with Crippen molar-refractivity contribution in [3.63, 3.8) is 0 Å².